The summed E-state index contributed by atoms with van der Waals surface area (Å²) >= 11 is 1.53. The Labute approximate surface area is 158 Å². The average Bonchev–Trinajstić information content (AvgIpc) is 2.62. The van der Waals surface area contributed by atoms with Gasteiger partial charge in [-0.3, -0.25) is 9.36 Å². The van der Waals surface area contributed by atoms with Gasteiger partial charge in [0.25, 0.3) is 5.56 Å². The number of carbonyl (C=O) groups excluding carboxylic acids is 1. The molecular weight excluding hydrogens is 348 g/mol. The average molecular weight is 372 g/mol. The minimum absolute atomic E-state index is 0.0489. The van der Waals surface area contributed by atoms with Crippen LogP contribution in [0.2, 0.25) is 0 Å². The van der Waals surface area contributed by atoms with Gasteiger partial charge >= 0.3 is 5.97 Å². The number of thioether (sulfide) groups is 1. The first-order valence-corrected chi connectivity index (χ1v) is 9.48. The maximum atomic E-state index is 12.7. The van der Waals surface area contributed by atoms with Crippen molar-refractivity contribution in [3.05, 3.63) is 58.5 Å². The Hall–Kier alpha value is -2.34. The second-order valence-corrected chi connectivity index (χ2v) is 7.17. The van der Waals surface area contributed by atoms with Crippen molar-refractivity contribution in [3.8, 4) is 11.1 Å². The van der Waals surface area contributed by atoms with Crippen molar-refractivity contribution < 1.29 is 9.53 Å². The third-order valence-corrected chi connectivity index (χ3v) is 5.04. The van der Waals surface area contributed by atoms with E-state index in [0.717, 1.165) is 29.7 Å². The molecule has 1 heterocycles. The first-order valence-electron chi connectivity index (χ1n) is 8.49. The van der Waals surface area contributed by atoms with Crippen LogP contribution >= 0.6 is 11.8 Å². The lowest BCUT2D eigenvalue weighted by atomic mass is 10.0. The van der Waals surface area contributed by atoms with E-state index in [4.69, 9.17) is 4.74 Å². The molecule has 5 nitrogen and oxygen atoms in total. The molecule has 0 atom stereocenters. The fourth-order valence-electron chi connectivity index (χ4n) is 2.38. The Balaban J connectivity index is 1.93. The van der Waals surface area contributed by atoms with Gasteiger partial charge in [-0.15, -0.1) is 0 Å². The minimum atomic E-state index is -0.353. The summed E-state index contributed by atoms with van der Waals surface area (Å²) in [4.78, 5) is 28.4. The van der Waals surface area contributed by atoms with Crippen molar-refractivity contribution in [2.75, 3.05) is 12.4 Å². The molecule has 138 valence electrons. The number of aromatic nitrogens is 2. The third kappa shape index (κ3) is 5.08. The van der Waals surface area contributed by atoms with Gasteiger partial charge in [-0.1, -0.05) is 42.6 Å². The van der Waals surface area contributed by atoms with Crippen molar-refractivity contribution >= 4 is 17.7 Å². The number of aryl methyl sites for hydroxylation is 1. The van der Waals surface area contributed by atoms with E-state index in [1.165, 1.54) is 11.8 Å². The van der Waals surface area contributed by atoms with Crippen LogP contribution in [0.25, 0.3) is 11.1 Å². The first kappa shape index (κ1) is 20.0. The highest BCUT2D eigenvalue weighted by Gasteiger charge is 2.11. The molecule has 0 amide bonds. The van der Waals surface area contributed by atoms with Gasteiger partial charge in [0.1, 0.15) is 0 Å². The van der Waals surface area contributed by atoms with Crippen LogP contribution in [0, 0.1) is 6.92 Å². The molecule has 0 saturated carbocycles. The molecule has 0 radical (unpaired) electrons. The molecule has 6 heteroatoms. The number of rotatable bonds is 8. The van der Waals surface area contributed by atoms with Gasteiger partial charge in [0.15, 0.2) is 5.16 Å². The smallest absolute Gasteiger partial charge is 0.333 e. The molecule has 2 aromatic rings. The van der Waals surface area contributed by atoms with Crippen molar-refractivity contribution in [3.63, 3.8) is 0 Å². The van der Waals surface area contributed by atoms with Gasteiger partial charge in [0.2, 0.25) is 0 Å². The minimum Gasteiger partial charge on any atom is -0.462 e. The summed E-state index contributed by atoms with van der Waals surface area (Å²) in [6.07, 6.45) is 3.28. The molecule has 26 heavy (non-hydrogen) atoms. The monoisotopic (exact) mass is 372 g/mol. The summed E-state index contributed by atoms with van der Waals surface area (Å²) < 4.78 is 6.65. The molecule has 0 aliphatic rings. The lowest BCUT2D eigenvalue weighted by Crippen LogP contribution is -2.21. The van der Waals surface area contributed by atoms with E-state index in [-0.39, 0.29) is 11.5 Å². The number of esters is 1. The van der Waals surface area contributed by atoms with E-state index < -0.39 is 0 Å². The maximum Gasteiger partial charge on any atom is 0.333 e. The summed E-state index contributed by atoms with van der Waals surface area (Å²) in [5.41, 5.74) is 2.94. The molecule has 0 aliphatic heterocycles. The summed E-state index contributed by atoms with van der Waals surface area (Å²) in [6.45, 7) is 7.54. The molecule has 0 fully saturated rings. The zero-order valence-corrected chi connectivity index (χ0v) is 16.3. The van der Waals surface area contributed by atoms with Crippen molar-refractivity contribution in [2.24, 2.45) is 7.05 Å². The van der Waals surface area contributed by atoms with E-state index in [2.05, 4.69) is 11.6 Å². The van der Waals surface area contributed by atoms with Crippen molar-refractivity contribution in [1.82, 2.24) is 9.55 Å². The highest BCUT2D eigenvalue weighted by Crippen LogP contribution is 2.21. The fraction of sp³-hybridized carbons (Fsp3) is 0.350. The molecule has 0 bridgehead atoms. The second-order valence-electron chi connectivity index (χ2n) is 6.11. The fourth-order valence-corrected chi connectivity index (χ4v) is 3.31. The molecule has 0 N–H and O–H groups in total. The quantitative estimate of drug-likeness (QED) is 0.232. The van der Waals surface area contributed by atoms with Crippen LogP contribution < -0.4 is 5.56 Å². The van der Waals surface area contributed by atoms with Crippen LogP contribution in [-0.4, -0.2) is 27.9 Å². The van der Waals surface area contributed by atoms with Gasteiger partial charge in [0, 0.05) is 24.6 Å². The lowest BCUT2D eigenvalue weighted by molar-refractivity contribution is -0.139. The molecule has 0 saturated heterocycles. The van der Waals surface area contributed by atoms with Crippen LogP contribution in [0.3, 0.4) is 0 Å². The summed E-state index contributed by atoms with van der Waals surface area (Å²) in [5.74, 6) is 0.447. The Bertz CT molecular complexity index is 858. The first-order chi connectivity index (χ1) is 12.4. The second kappa shape index (κ2) is 9.38. The summed E-state index contributed by atoms with van der Waals surface area (Å²) in [7, 11) is 1.74. The molecular formula is C20H24N2O3S. The SMILES string of the molecule is C=C(C)C(=O)OCCCCSc1ncc(-c2ccccc2C)c(=O)n1C. The molecule has 1 aromatic carbocycles. The van der Waals surface area contributed by atoms with E-state index in [0.29, 0.717) is 22.9 Å². The number of benzene rings is 1. The summed E-state index contributed by atoms with van der Waals surface area (Å²) in [5, 5.41) is 0.686. The number of hydrogen-bond donors (Lipinski definition) is 0. The third-order valence-electron chi connectivity index (χ3n) is 3.91. The zero-order valence-electron chi connectivity index (χ0n) is 15.4. The Kier molecular flexibility index (Phi) is 7.21. The van der Waals surface area contributed by atoms with Crippen molar-refractivity contribution in [1.29, 1.82) is 0 Å². The van der Waals surface area contributed by atoms with E-state index in [9.17, 15) is 9.59 Å². The van der Waals surface area contributed by atoms with Crippen LogP contribution in [0.4, 0.5) is 0 Å². The normalized spacial score (nSPS) is 10.6. The van der Waals surface area contributed by atoms with Crippen LogP contribution in [0.15, 0.2) is 52.6 Å². The predicted molar refractivity (Wildman–Crippen MR) is 105 cm³/mol. The van der Waals surface area contributed by atoms with Gasteiger partial charge in [0.05, 0.1) is 12.2 Å². The number of hydrogen-bond acceptors (Lipinski definition) is 5. The topological polar surface area (TPSA) is 61.2 Å². The van der Waals surface area contributed by atoms with E-state index in [1.54, 1.807) is 24.7 Å². The van der Waals surface area contributed by atoms with Crippen molar-refractivity contribution in [2.45, 2.75) is 31.8 Å². The zero-order chi connectivity index (χ0) is 19.1. The van der Waals surface area contributed by atoms with Crippen LogP contribution in [-0.2, 0) is 16.6 Å². The van der Waals surface area contributed by atoms with Gasteiger partial charge in [-0.25, -0.2) is 9.78 Å². The van der Waals surface area contributed by atoms with Crippen LogP contribution in [0.5, 0.6) is 0 Å². The number of carbonyl (C=O) groups is 1. The number of nitrogens with zero attached hydrogens (tertiary/aromatic N) is 2. The standard InChI is InChI=1S/C20H24N2O3S/c1-14(2)19(24)25-11-7-8-12-26-20-21-13-17(18(23)22(20)4)16-10-6-5-9-15(16)3/h5-6,9-10,13H,1,7-8,11-12H2,2-4H3. The highest BCUT2D eigenvalue weighted by atomic mass is 32.2. The number of unbranched alkanes of at least 4 members (excludes halogenated alkanes) is 1. The molecule has 0 spiro atoms. The van der Waals surface area contributed by atoms with Crippen LogP contribution in [0.1, 0.15) is 25.3 Å². The van der Waals surface area contributed by atoms with Gasteiger partial charge in [-0.2, -0.15) is 0 Å². The van der Waals surface area contributed by atoms with Gasteiger partial charge in [-0.05, 0) is 37.8 Å². The van der Waals surface area contributed by atoms with Gasteiger partial charge < -0.3 is 4.74 Å². The lowest BCUT2D eigenvalue weighted by Gasteiger charge is -2.10. The summed E-state index contributed by atoms with van der Waals surface area (Å²) in [6, 6.07) is 7.80. The molecule has 1 aromatic heterocycles. The van der Waals surface area contributed by atoms with E-state index in [1.807, 2.05) is 31.2 Å². The Morgan fingerprint density at radius 2 is 2.00 bits per heavy atom. The molecule has 0 aliphatic carbocycles. The predicted octanol–water partition coefficient (Wildman–Crippen LogP) is 3.75. The number of ether oxygens (including phenoxy) is 1. The molecule has 0 unspecified atom stereocenters. The Morgan fingerprint density at radius 1 is 1.27 bits per heavy atom. The highest BCUT2D eigenvalue weighted by molar-refractivity contribution is 7.99. The largest absolute Gasteiger partial charge is 0.462 e. The Morgan fingerprint density at radius 3 is 2.69 bits per heavy atom. The molecule has 2 rings (SSSR count). The van der Waals surface area contributed by atoms with E-state index >= 15 is 0 Å². The maximum absolute atomic E-state index is 12.7.